The maximum absolute atomic E-state index is 12.5. The van der Waals surface area contributed by atoms with Crippen LogP contribution in [0.1, 0.15) is 17.2 Å². The predicted molar refractivity (Wildman–Crippen MR) is 52.4 cm³/mol. The Hall–Kier alpha value is -1.85. The van der Waals surface area contributed by atoms with E-state index >= 15 is 0 Å². The zero-order chi connectivity index (χ0) is 13.9. The molecule has 0 spiro atoms. The number of aromatic nitrogens is 1. The highest BCUT2D eigenvalue weighted by molar-refractivity contribution is 5.34. The van der Waals surface area contributed by atoms with Gasteiger partial charge >= 0.3 is 6.18 Å². The number of nitriles is 1. The minimum atomic E-state index is -4.65. The van der Waals surface area contributed by atoms with Gasteiger partial charge in [-0.15, -0.1) is 0 Å². The highest BCUT2D eigenvalue weighted by Gasteiger charge is 2.33. The third-order valence-electron chi connectivity index (χ3n) is 2.15. The topological polar surface area (TPSA) is 86.4 Å². The Balaban J connectivity index is 3.27. The van der Waals surface area contributed by atoms with E-state index in [9.17, 15) is 18.3 Å². The van der Waals surface area contributed by atoms with E-state index in [0.29, 0.717) is 12.3 Å². The lowest BCUT2D eigenvalue weighted by Gasteiger charge is -2.16. The number of nitrogens with zero attached hydrogens (tertiary/aromatic N) is 2. The van der Waals surface area contributed by atoms with Crippen LogP contribution in [0.25, 0.3) is 0 Å². The van der Waals surface area contributed by atoms with Crippen molar-refractivity contribution in [1.29, 1.82) is 5.26 Å². The lowest BCUT2D eigenvalue weighted by Crippen LogP contribution is -2.18. The maximum atomic E-state index is 12.5. The quantitative estimate of drug-likeness (QED) is 0.794. The molecule has 0 aliphatic carbocycles. The molecule has 0 saturated carbocycles. The zero-order valence-corrected chi connectivity index (χ0v) is 9.14. The molecule has 0 radical (unpaired) electrons. The molecule has 2 N–H and O–H groups in total. The largest absolute Gasteiger partial charge is 0.481 e. The van der Waals surface area contributed by atoms with Crippen molar-refractivity contribution in [2.24, 2.45) is 0 Å². The van der Waals surface area contributed by atoms with E-state index in [1.54, 1.807) is 0 Å². The second-order valence-electron chi connectivity index (χ2n) is 3.34. The minimum absolute atomic E-state index is 0.287. The highest BCUT2D eigenvalue weighted by atomic mass is 19.4. The summed E-state index contributed by atoms with van der Waals surface area (Å²) in [6.07, 6.45) is -7.82. The summed E-state index contributed by atoms with van der Waals surface area (Å²) in [4.78, 5) is 3.38. The number of hydrogen-bond acceptors (Lipinski definition) is 5. The fourth-order valence-electron chi connectivity index (χ4n) is 1.25. The standard InChI is InChI=1S/C10H9F3N2O3/c1-18-9-6(8(17)7(16)3-14)2-5(4-15-9)10(11,12)13/h2,4,7-8,16-17H,1H3. The maximum Gasteiger partial charge on any atom is 0.417 e. The molecule has 0 aliphatic heterocycles. The number of aliphatic hydroxyl groups is 2. The molecule has 8 heteroatoms. The molecule has 0 fully saturated rings. The molecule has 18 heavy (non-hydrogen) atoms. The summed E-state index contributed by atoms with van der Waals surface area (Å²) in [7, 11) is 1.14. The number of alkyl halides is 3. The van der Waals surface area contributed by atoms with Crippen molar-refractivity contribution in [3.8, 4) is 11.9 Å². The van der Waals surface area contributed by atoms with Crippen LogP contribution in [0.5, 0.6) is 5.88 Å². The normalized spacial score (nSPS) is 14.7. The van der Waals surface area contributed by atoms with Gasteiger partial charge in [0.15, 0.2) is 6.10 Å². The third kappa shape index (κ3) is 2.88. The molecule has 2 unspecified atom stereocenters. The van der Waals surface area contributed by atoms with Gasteiger partial charge in [0.2, 0.25) is 5.88 Å². The van der Waals surface area contributed by atoms with Crippen LogP contribution < -0.4 is 4.74 Å². The van der Waals surface area contributed by atoms with Gasteiger partial charge in [-0.1, -0.05) is 0 Å². The van der Waals surface area contributed by atoms with Crippen LogP contribution in [0.3, 0.4) is 0 Å². The van der Waals surface area contributed by atoms with E-state index in [2.05, 4.69) is 9.72 Å². The smallest absolute Gasteiger partial charge is 0.417 e. The summed E-state index contributed by atoms with van der Waals surface area (Å²) in [6.45, 7) is 0. The molecule has 1 aromatic rings. The first-order chi connectivity index (χ1) is 8.31. The molecule has 2 atom stereocenters. The Morgan fingerprint density at radius 1 is 1.44 bits per heavy atom. The van der Waals surface area contributed by atoms with Crippen molar-refractivity contribution in [1.82, 2.24) is 4.98 Å². The van der Waals surface area contributed by atoms with E-state index in [0.717, 1.165) is 7.11 Å². The molecule has 0 aromatic carbocycles. The van der Waals surface area contributed by atoms with Gasteiger partial charge < -0.3 is 14.9 Å². The number of hydrogen-bond donors (Lipinski definition) is 2. The Bertz CT molecular complexity index is 470. The molecule has 1 rings (SSSR count). The summed E-state index contributed by atoms with van der Waals surface area (Å²) in [5.74, 6) is -0.287. The van der Waals surface area contributed by atoms with E-state index in [1.807, 2.05) is 0 Å². The average Bonchev–Trinajstić information content (AvgIpc) is 2.35. The van der Waals surface area contributed by atoms with Gasteiger partial charge in [0, 0.05) is 11.8 Å². The van der Waals surface area contributed by atoms with Crippen molar-refractivity contribution in [2.45, 2.75) is 18.4 Å². The van der Waals surface area contributed by atoms with Gasteiger partial charge in [0.05, 0.1) is 18.7 Å². The first kappa shape index (κ1) is 14.2. The first-order valence-electron chi connectivity index (χ1n) is 4.68. The lowest BCUT2D eigenvalue weighted by molar-refractivity contribution is -0.138. The zero-order valence-electron chi connectivity index (χ0n) is 9.14. The highest BCUT2D eigenvalue weighted by Crippen LogP contribution is 2.33. The van der Waals surface area contributed by atoms with E-state index in [-0.39, 0.29) is 5.88 Å². The number of rotatable bonds is 3. The van der Waals surface area contributed by atoms with E-state index in [1.165, 1.54) is 6.07 Å². The summed E-state index contributed by atoms with van der Waals surface area (Å²) in [5, 5.41) is 27.1. The molecule has 0 aliphatic rings. The van der Waals surface area contributed by atoms with Crippen molar-refractivity contribution in [3.05, 3.63) is 23.4 Å². The fourth-order valence-corrected chi connectivity index (χ4v) is 1.25. The Labute approximate surface area is 100 Å². The molecule has 0 amide bonds. The van der Waals surface area contributed by atoms with Crippen LogP contribution in [0.15, 0.2) is 12.3 Å². The third-order valence-corrected chi connectivity index (χ3v) is 2.15. The van der Waals surface area contributed by atoms with Crippen molar-refractivity contribution < 1.29 is 28.1 Å². The van der Waals surface area contributed by atoms with Crippen LogP contribution >= 0.6 is 0 Å². The number of halogens is 3. The molecule has 0 bridgehead atoms. The summed E-state index contributed by atoms with van der Waals surface area (Å²) < 4.78 is 42.0. The molecular weight excluding hydrogens is 253 g/mol. The van der Waals surface area contributed by atoms with Gasteiger partial charge in [0.25, 0.3) is 0 Å². The van der Waals surface area contributed by atoms with Crippen LogP contribution in [-0.2, 0) is 6.18 Å². The van der Waals surface area contributed by atoms with Crippen molar-refractivity contribution >= 4 is 0 Å². The molecular formula is C10H9F3N2O3. The van der Waals surface area contributed by atoms with E-state index < -0.39 is 29.5 Å². The van der Waals surface area contributed by atoms with Gasteiger partial charge in [-0.25, -0.2) is 4.98 Å². The Morgan fingerprint density at radius 2 is 2.06 bits per heavy atom. The summed E-state index contributed by atoms with van der Waals surface area (Å²) in [5.41, 5.74) is -1.51. The average molecular weight is 262 g/mol. The molecule has 98 valence electrons. The second-order valence-corrected chi connectivity index (χ2v) is 3.34. The number of methoxy groups -OCH3 is 1. The van der Waals surface area contributed by atoms with Gasteiger partial charge in [0.1, 0.15) is 6.10 Å². The van der Waals surface area contributed by atoms with E-state index in [4.69, 9.17) is 10.4 Å². The molecule has 0 saturated heterocycles. The molecule has 1 aromatic heterocycles. The van der Waals surface area contributed by atoms with Crippen LogP contribution in [0.4, 0.5) is 13.2 Å². The second kappa shape index (κ2) is 5.20. The molecule has 5 nitrogen and oxygen atoms in total. The Morgan fingerprint density at radius 3 is 2.50 bits per heavy atom. The van der Waals surface area contributed by atoms with Gasteiger partial charge in [-0.2, -0.15) is 18.4 Å². The predicted octanol–water partition coefficient (Wildman–Crippen LogP) is 1.03. The number of pyridine rings is 1. The van der Waals surface area contributed by atoms with Gasteiger partial charge in [-0.3, -0.25) is 0 Å². The van der Waals surface area contributed by atoms with Gasteiger partial charge in [-0.05, 0) is 6.07 Å². The number of ether oxygens (including phenoxy) is 1. The fraction of sp³-hybridized carbons (Fsp3) is 0.400. The Kier molecular flexibility index (Phi) is 4.11. The summed E-state index contributed by atoms with van der Waals surface area (Å²) >= 11 is 0. The summed E-state index contributed by atoms with van der Waals surface area (Å²) in [6, 6.07) is 1.89. The van der Waals surface area contributed by atoms with Crippen molar-refractivity contribution in [2.75, 3.05) is 7.11 Å². The van der Waals surface area contributed by atoms with Crippen LogP contribution in [-0.4, -0.2) is 28.4 Å². The van der Waals surface area contributed by atoms with Crippen molar-refractivity contribution in [3.63, 3.8) is 0 Å². The van der Waals surface area contributed by atoms with Crippen LogP contribution in [0.2, 0.25) is 0 Å². The monoisotopic (exact) mass is 262 g/mol. The lowest BCUT2D eigenvalue weighted by atomic mass is 10.0. The van der Waals surface area contributed by atoms with Crippen LogP contribution in [0, 0.1) is 11.3 Å². The SMILES string of the molecule is COc1ncc(C(F)(F)F)cc1C(O)C(O)C#N. The first-order valence-corrected chi connectivity index (χ1v) is 4.68. The molecule has 1 heterocycles. The minimum Gasteiger partial charge on any atom is -0.481 e. The number of aliphatic hydroxyl groups excluding tert-OH is 2.